The first-order valence-corrected chi connectivity index (χ1v) is 9.99. The third-order valence-electron chi connectivity index (χ3n) is 4.90. The summed E-state index contributed by atoms with van der Waals surface area (Å²) in [5, 5.41) is 9.46. The summed E-state index contributed by atoms with van der Waals surface area (Å²) in [6.45, 7) is 5.10. The molecule has 0 aliphatic carbocycles. The Morgan fingerprint density at radius 3 is 2.25 bits per heavy atom. The van der Waals surface area contributed by atoms with Gasteiger partial charge in [-0.2, -0.15) is 4.39 Å². The minimum absolute atomic E-state index is 0.0242. The number of aliphatic hydroxyl groups excluding tert-OH is 1. The summed E-state index contributed by atoms with van der Waals surface area (Å²) < 4.78 is 62.2. The van der Waals surface area contributed by atoms with Gasteiger partial charge in [-0.1, -0.05) is 54.6 Å². The predicted molar refractivity (Wildman–Crippen MR) is 118 cm³/mol. The van der Waals surface area contributed by atoms with Crippen LogP contribution in [0.25, 0.3) is 23.3 Å². The van der Waals surface area contributed by atoms with Crippen LogP contribution in [-0.2, 0) is 0 Å². The quantitative estimate of drug-likeness (QED) is 0.175. The minimum atomic E-state index is -1.12. The maximum Gasteiger partial charge on any atom is 0.201 e. The van der Waals surface area contributed by atoms with Gasteiger partial charge in [-0.25, -0.2) is 13.2 Å². The van der Waals surface area contributed by atoms with E-state index in [1.165, 1.54) is 37.3 Å². The van der Waals surface area contributed by atoms with E-state index in [-0.39, 0.29) is 29.0 Å². The van der Waals surface area contributed by atoms with Gasteiger partial charge in [-0.3, -0.25) is 0 Å². The van der Waals surface area contributed by atoms with Crippen molar-refractivity contribution in [1.82, 2.24) is 0 Å². The largest absolute Gasteiger partial charge is 0.490 e. The SMILES string of the molecule is C=CCCOc1ccc(-c2ccc(/C=C/c3ccc(C(C)O)c(F)c3F)cc2)c(F)c1F. The second-order valence-corrected chi connectivity index (χ2v) is 7.17. The Hall–Kier alpha value is -3.38. The average Bonchev–Trinajstić information content (AvgIpc) is 2.78. The zero-order chi connectivity index (χ0) is 23.3. The van der Waals surface area contributed by atoms with Crippen LogP contribution in [0, 0.1) is 23.3 Å². The van der Waals surface area contributed by atoms with Gasteiger partial charge >= 0.3 is 0 Å². The monoisotopic (exact) mass is 442 g/mol. The Balaban J connectivity index is 1.79. The van der Waals surface area contributed by atoms with Gasteiger partial charge in [0.25, 0.3) is 0 Å². The maximum atomic E-state index is 14.5. The van der Waals surface area contributed by atoms with Crippen molar-refractivity contribution in [3.63, 3.8) is 0 Å². The molecule has 0 aromatic heterocycles. The minimum Gasteiger partial charge on any atom is -0.490 e. The Morgan fingerprint density at radius 2 is 1.59 bits per heavy atom. The van der Waals surface area contributed by atoms with Crippen molar-refractivity contribution in [2.24, 2.45) is 0 Å². The van der Waals surface area contributed by atoms with Crippen molar-refractivity contribution in [3.05, 3.63) is 101 Å². The van der Waals surface area contributed by atoms with Crippen LogP contribution >= 0.6 is 0 Å². The fourth-order valence-corrected chi connectivity index (χ4v) is 3.11. The van der Waals surface area contributed by atoms with Crippen LogP contribution in [0.5, 0.6) is 5.75 Å². The molecular weight excluding hydrogens is 420 g/mol. The Morgan fingerprint density at radius 1 is 0.875 bits per heavy atom. The summed E-state index contributed by atoms with van der Waals surface area (Å²) in [4.78, 5) is 0. The van der Waals surface area contributed by atoms with Crippen molar-refractivity contribution in [3.8, 4) is 16.9 Å². The first-order valence-electron chi connectivity index (χ1n) is 9.99. The lowest BCUT2D eigenvalue weighted by molar-refractivity contribution is 0.192. The first-order chi connectivity index (χ1) is 15.3. The van der Waals surface area contributed by atoms with Crippen molar-refractivity contribution in [2.75, 3.05) is 6.61 Å². The van der Waals surface area contributed by atoms with E-state index in [0.29, 0.717) is 17.5 Å². The number of aliphatic hydroxyl groups is 1. The topological polar surface area (TPSA) is 29.5 Å². The van der Waals surface area contributed by atoms with Crippen LogP contribution in [-0.4, -0.2) is 11.7 Å². The first kappa shape index (κ1) is 23.3. The fourth-order valence-electron chi connectivity index (χ4n) is 3.11. The number of halogens is 4. The summed E-state index contributed by atoms with van der Waals surface area (Å²) in [5.41, 5.74) is 1.09. The molecule has 3 aromatic rings. The van der Waals surface area contributed by atoms with Gasteiger partial charge in [0.1, 0.15) is 0 Å². The molecule has 3 aromatic carbocycles. The van der Waals surface area contributed by atoms with E-state index in [9.17, 15) is 22.7 Å². The molecule has 0 aliphatic rings. The van der Waals surface area contributed by atoms with Gasteiger partial charge in [0.2, 0.25) is 5.82 Å². The predicted octanol–water partition coefficient (Wildman–Crippen LogP) is 7.09. The highest BCUT2D eigenvalue weighted by Gasteiger charge is 2.16. The van der Waals surface area contributed by atoms with Crippen LogP contribution in [0.4, 0.5) is 17.6 Å². The zero-order valence-corrected chi connectivity index (χ0v) is 17.4. The van der Waals surface area contributed by atoms with Crippen LogP contribution in [0.2, 0.25) is 0 Å². The maximum absolute atomic E-state index is 14.5. The molecule has 166 valence electrons. The molecule has 0 saturated heterocycles. The second kappa shape index (κ2) is 10.3. The van der Waals surface area contributed by atoms with Gasteiger partial charge in [-0.05, 0) is 36.6 Å². The molecule has 0 amide bonds. The number of rotatable bonds is 8. The molecule has 6 heteroatoms. The third-order valence-corrected chi connectivity index (χ3v) is 4.90. The molecule has 0 aliphatic heterocycles. The lowest BCUT2D eigenvalue weighted by Crippen LogP contribution is -2.00. The number of ether oxygens (including phenoxy) is 1. The van der Waals surface area contributed by atoms with Crippen molar-refractivity contribution < 1.29 is 27.4 Å². The molecule has 3 rings (SSSR count). The molecule has 0 bridgehead atoms. The van der Waals surface area contributed by atoms with Gasteiger partial charge < -0.3 is 9.84 Å². The molecule has 1 atom stereocenters. The van der Waals surface area contributed by atoms with Crippen molar-refractivity contribution in [2.45, 2.75) is 19.4 Å². The van der Waals surface area contributed by atoms with Crippen LogP contribution in [0.3, 0.4) is 0 Å². The molecule has 0 saturated carbocycles. The van der Waals surface area contributed by atoms with E-state index >= 15 is 0 Å². The van der Waals surface area contributed by atoms with Crippen molar-refractivity contribution >= 4 is 12.2 Å². The number of benzene rings is 3. The number of hydrogen-bond donors (Lipinski definition) is 1. The smallest absolute Gasteiger partial charge is 0.201 e. The molecular formula is C26H22F4O2. The van der Waals surface area contributed by atoms with Crippen LogP contribution < -0.4 is 4.74 Å². The highest BCUT2D eigenvalue weighted by molar-refractivity contribution is 5.73. The highest BCUT2D eigenvalue weighted by atomic mass is 19.2. The summed E-state index contributed by atoms with van der Waals surface area (Å²) in [6.07, 6.45) is 3.98. The highest BCUT2D eigenvalue weighted by Crippen LogP contribution is 2.30. The van der Waals surface area contributed by atoms with E-state index < -0.39 is 29.4 Å². The van der Waals surface area contributed by atoms with E-state index in [1.807, 2.05) is 0 Å². The third kappa shape index (κ3) is 5.08. The normalized spacial score (nSPS) is 12.2. The molecule has 2 nitrogen and oxygen atoms in total. The van der Waals surface area contributed by atoms with Crippen LogP contribution in [0.1, 0.15) is 36.1 Å². The fraction of sp³-hybridized carbons (Fsp3) is 0.154. The van der Waals surface area contributed by atoms with E-state index in [4.69, 9.17) is 4.74 Å². The molecule has 0 radical (unpaired) electrons. The molecule has 1 N–H and O–H groups in total. The van der Waals surface area contributed by atoms with E-state index in [1.54, 1.807) is 36.4 Å². The molecule has 1 unspecified atom stereocenters. The standard InChI is InChI=1S/C26H22F4O2/c1-3-4-15-32-22-14-13-21(25(29)26(22)30)18-8-5-17(6-9-18)7-10-19-11-12-20(16(2)31)24(28)23(19)27/h3,5-14,16,31H,1,4,15H2,2H3/b10-7+. The summed E-state index contributed by atoms with van der Waals surface area (Å²) in [6, 6.07) is 12.0. The van der Waals surface area contributed by atoms with E-state index in [2.05, 4.69) is 6.58 Å². The molecule has 0 heterocycles. The van der Waals surface area contributed by atoms with Gasteiger partial charge in [0.05, 0.1) is 12.7 Å². The molecule has 32 heavy (non-hydrogen) atoms. The average molecular weight is 442 g/mol. The summed E-state index contributed by atoms with van der Waals surface area (Å²) in [5.74, 6) is -4.38. The summed E-state index contributed by atoms with van der Waals surface area (Å²) in [7, 11) is 0. The number of hydrogen-bond acceptors (Lipinski definition) is 2. The van der Waals surface area contributed by atoms with Crippen molar-refractivity contribution in [1.29, 1.82) is 0 Å². The molecule has 0 fully saturated rings. The Bertz CT molecular complexity index is 1140. The van der Waals surface area contributed by atoms with Gasteiger partial charge in [0.15, 0.2) is 23.2 Å². The van der Waals surface area contributed by atoms with Gasteiger partial charge in [0, 0.05) is 16.7 Å². The van der Waals surface area contributed by atoms with Gasteiger partial charge in [-0.15, -0.1) is 6.58 Å². The second-order valence-electron chi connectivity index (χ2n) is 7.17. The Kier molecular flexibility index (Phi) is 7.49. The zero-order valence-electron chi connectivity index (χ0n) is 17.4. The van der Waals surface area contributed by atoms with E-state index in [0.717, 1.165) is 0 Å². The van der Waals surface area contributed by atoms with Crippen LogP contribution in [0.15, 0.2) is 61.2 Å². The lowest BCUT2D eigenvalue weighted by Gasteiger charge is -2.10. The lowest BCUT2D eigenvalue weighted by atomic mass is 10.0. The summed E-state index contributed by atoms with van der Waals surface area (Å²) >= 11 is 0. The Labute approximate surface area is 184 Å². The molecule has 0 spiro atoms.